The van der Waals surface area contributed by atoms with Crippen LogP contribution in [-0.2, 0) is 16.6 Å². The largest absolute Gasteiger partial charge is 0.302 e. The molecule has 0 saturated carbocycles. The third-order valence-electron chi connectivity index (χ3n) is 4.58. The van der Waals surface area contributed by atoms with E-state index in [0.717, 1.165) is 23.5 Å². The van der Waals surface area contributed by atoms with E-state index < -0.39 is 27.6 Å². The molecule has 4 rings (SSSR count). The number of halogens is 2. The number of nitrogens with zero attached hydrogens (tertiary/aromatic N) is 2. The van der Waals surface area contributed by atoms with Crippen LogP contribution >= 0.6 is 11.3 Å². The van der Waals surface area contributed by atoms with Crippen molar-refractivity contribution >= 4 is 43.2 Å². The van der Waals surface area contributed by atoms with Crippen LogP contribution in [0.15, 0.2) is 76.6 Å². The number of fused-ring (bicyclic) bond motifs is 1. The smallest absolute Gasteiger partial charge is 0.279 e. The topological polar surface area (TPSA) is 80.5 Å². The second-order valence-electron chi connectivity index (χ2n) is 6.82. The lowest BCUT2D eigenvalue weighted by atomic mass is 10.2. The van der Waals surface area contributed by atoms with E-state index in [1.165, 1.54) is 41.0 Å². The number of thiazole rings is 1. The predicted octanol–water partition coefficient (Wildman–Crippen LogP) is 4.16. The number of rotatable bonds is 5. The summed E-state index contributed by atoms with van der Waals surface area (Å²) in [6.45, 7) is -0.0606. The van der Waals surface area contributed by atoms with E-state index in [1.54, 1.807) is 18.2 Å². The summed E-state index contributed by atoms with van der Waals surface area (Å²) in [5.41, 5.74) is 0.503. The zero-order valence-electron chi connectivity index (χ0n) is 16.8. The third-order valence-corrected chi connectivity index (χ3v) is 7.00. The zero-order chi connectivity index (χ0) is 23.6. The van der Waals surface area contributed by atoms with Gasteiger partial charge in [-0.1, -0.05) is 35.5 Å². The molecule has 0 unspecified atom stereocenters. The number of amides is 1. The molecule has 0 fully saturated rings. The van der Waals surface area contributed by atoms with Crippen LogP contribution in [0.5, 0.6) is 0 Å². The van der Waals surface area contributed by atoms with Crippen LogP contribution in [0.3, 0.4) is 0 Å². The number of benzene rings is 3. The van der Waals surface area contributed by atoms with E-state index in [9.17, 15) is 22.0 Å². The summed E-state index contributed by atoms with van der Waals surface area (Å²) in [6.07, 6.45) is 5.37. The highest BCUT2D eigenvalue weighted by Gasteiger charge is 2.15. The Bertz CT molecular complexity index is 1570. The number of aromatic nitrogens is 1. The molecule has 0 aliphatic rings. The van der Waals surface area contributed by atoms with Crippen molar-refractivity contribution in [2.75, 3.05) is 4.72 Å². The van der Waals surface area contributed by atoms with Crippen molar-refractivity contribution in [3.05, 3.63) is 88.7 Å². The zero-order valence-corrected chi connectivity index (χ0v) is 18.5. The van der Waals surface area contributed by atoms with Gasteiger partial charge in [-0.3, -0.25) is 9.52 Å². The van der Waals surface area contributed by atoms with Gasteiger partial charge in [0.1, 0.15) is 5.82 Å². The molecule has 1 aromatic heterocycles. The number of sulfonamides is 1. The standard InChI is InChI=1S/C23H15F2N3O3S2/c1-2-12-28-21-19(25)13-16(24)14-20(21)32-23(28)26-22(29)15-8-10-17(11-9-15)27-33(30,31)18-6-4-3-5-7-18/h1,3-11,13-14,27H,12H2. The highest BCUT2D eigenvalue weighted by molar-refractivity contribution is 7.92. The van der Waals surface area contributed by atoms with E-state index in [-0.39, 0.29) is 37.7 Å². The highest BCUT2D eigenvalue weighted by Crippen LogP contribution is 2.22. The molecule has 33 heavy (non-hydrogen) atoms. The van der Waals surface area contributed by atoms with Gasteiger partial charge in [0, 0.05) is 17.3 Å². The van der Waals surface area contributed by atoms with Crippen LogP contribution in [-0.4, -0.2) is 18.9 Å². The van der Waals surface area contributed by atoms with Gasteiger partial charge in [0.25, 0.3) is 15.9 Å². The maximum Gasteiger partial charge on any atom is 0.279 e. The second-order valence-corrected chi connectivity index (χ2v) is 9.51. The Morgan fingerprint density at radius 3 is 2.45 bits per heavy atom. The average molecular weight is 484 g/mol. The molecule has 1 N–H and O–H groups in total. The molecule has 0 spiro atoms. The van der Waals surface area contributed by atoms with Crippen molar-refractivity contribution in [1.29, 1.82) is 0 Å². The van der Waals surface area contributed by atoms with Gasteiger partial charge in [0.15, 0.2) is 10.6 Å². The Morgan fingerprint density at radius 1 is 1.09 bits per heavy atom. The first-order valence-electron chi connectivity index (χ1n) is 9.47. The lowest BCUT2D eigenvalue weighted by Gasteiger charge is -2.08. The number of hydrogen-bond donors (Lipinski definition) is 1. The Kier molecular flexibility index (Phi) is 6.09. The minimum absolute atomic E-state index is 0.0606. The third kappa shape index (κ3) is 4.69. The molecular weight excluding hydrogens is 468 g/mol. The first-order valence-corrected chi connectivity index (χ1v) is 11.8. The van der Waals surface area contributed by atoms with Gasteiger partial charge < -0.3 is 4.57 Å². The first-order chi connectivity index (χ1) is 15.8. The molecule has 0 saturated heterocycles. The Balaban J connectivity index is 1.64. The van der Waals surface area contributed by atoms with Crippen LogP contribution in [0.2, 0.25) is 0 Å². The summed E-state index contributed by atoms with van der Waals surface area (Å²) < 4.78 is 56.8. The summed E-state index contributed by atoms with van der Waals surface area (Å²) in [6, 6.07) is 15.4. The van der Waals surface area contributed by atoms with Gasteiger partial charge in [-0.25, -0.2) is 17.2 Å². The molecule has 10 heteroatoms. The molecule has 4 aromatic rings. The fraction of sp³-hybridized carbons (Fsp3) is 0.0435. The van der Waals surface area contributed by atoms with E-state index in [4.69, 9.17) is 6.42 Å². The molecule has 3 aromatic carbocycles. The van der Waals surface area contributed by atoms with E-state index in [1.807, 2.05) is 0 Å². The Hall–Kier alpha value is -3.81. The number of terminal acetylenes is 1. The molecule has 1 amide bonds. The number of carbonyl (C=O) groups excluding carboxylic acids is 1. The van der Waals surface area contributed by atoms with Gasteiger partial charge in [0.2, 0.25) is 0 Å². The van der Waals surface area contributed by atoms with Crippen molar-refractivity contribution in [2.24, 2.45) is 4.99 Å². The first kappa shape index (κ1) is 22.4. The lowest BCUT2D eigenvalue weighted by Crippen LogP contribution is -2.17. The van der Waals surface area contributed by atoms with E-state index in [2.05, 4.69) is 15.6 Å². The second kappa shape index (κ2) is 8.97. The maximum absolute atomic E-state index is 14.3. The Labute approximate surface area is 191 Å². The van der Waals surface area contributed by atoms with Gasteiger partial charge in [-0.2, -0.15) is 4.99 Å². The number of anilines is 1. The minimum Gasteiger partial charge on any atom is -0.302 e. The van der Waals surface area contributed by atoms with Crippen molar-refractivity contribution in [2.45, 2.75) is 11.4 Å². The fourth-order valence-electron chi connectivity index (χ4n) is 3.10. The van der Waals surface area contributed by atoms with E-state index >= 15 is 0 Å². The van der Waals surface area contributed by atoms with Crippen molar-refractivity contribution in [1.82, 2.24) is 4.57 Å². The SMILES string of the molecule is C#CCn1c(=NC(=O)c2ccc(NS(=O)(=O)c3ccccc3)cc2)sc2cc(F)cc(F)c21. The summed E-state index contributed by atoms with van der Waals surface area (Å²) >= 11 is 0.932. The molecule has 0 aliphatic carbocycles. The fourth-order valence-corrected chi connectivity index (χ4v) is 5.25. The predicted molar refractivity (Wildman–Crippen MR) is 122 cm³/mol. The normalized spacial score (nSPS) is 12.0. The number of carbonyl (C=O) groups is 1. The van der Waals surface area contributed by atoms with Crippen molar-refractivity contribution < 1.29 is 22.0 Å². The number of nitrogens with one attached hydrogen (secondary N) is 1. The highest BCUT2D eigenvalue weighted by atomic mass is 32.2. The molecule has 0 bridgehead atoms. The minimum atomic E-state index is -3.77. The molecule has 1 heterocycles. The van der Waals surface area contributed by atoms with Crippen molar-refractivity contribution in [3.63, 3.8) is 0 Å². The molecule has 6 nitrogen and oxygen atoms in total. The maximum atomic E-state index is 14.3. The quantitative estimate of drug-likeness (QED) is 0.433. The molecular formula is C23H15F2N3O3S2. The van der Waals surface area contributed by atoms with Crippen LogP contribution < -0.4 is 9.52 Å². The summed E-state index contributed by atoms with van der Waals surface area (Å²) in [5.74, 6) is 0.171. The number of hydrogen-bond acceptors (Lipinski definition) is 4. The average Bonchev–Trinajstić information content (AvgIpc) is 3.11. The molecule has 0 radical (unpaired) electrons. The van der Waals surface area contributed by atoms with Gasteiger partial charge in [-0.15, -0.1) is 6.42 Å². The van der Waals surface area contributed by atoms with Crippen LogP contribution in [0.1, 0.15) is 10.4 Å². The van der Waals surface area contributed by atoms with Crippen LogP contribution in [0.25, 0.3) is 10.2 Å². The van der Waals surface area contributed by atoms with Crippen LogP contribution in [0.4, 0.5) is 14.5 Å². The molecule has 166 valence electrons. The van der Waals surface area contributed by atoms with Gasteiger partial charge >= 0.3 is 0 Å². The van der Waals surface area contributed by atoms with E-state index in [0.29, 0.717) is 0 Å². The summed E-state index contributed by atoms with van der Waals surface area (Å²) in [7, 11) is -3.77. The summed E-state index contributed by atoms with van der Waals surface area (Å²) in [5, 5.41) is 0. The van der Waals surface area contributed by atoms with Gasteiger partial charge in [-0.05, 0) is 42.5 Å². The Morgan fingerprint density at radius 2 is 1.79 bits per heavy atom. The molecule has 0 aliphatic heterocycles. The summed E-state index contributed by atoms with van der Waals surface area (Å²) in [4.78, 5) is 16.9. The molecule has 0 atom stereocenters. The monoisotopic (exact) mass is 483 g/mol. The van der Waals surface area contributed by atoms with Crippen molar-refractivity contribution in [3.8, 4) is 12.3 Å². The van der Waals surface area contributed by atoms with Crippen LogP contribution in [0, 0.1) is 24.0 Å². The lowest BCUT2D eigenvalue weighted by molar-refractivity contribution is 0.0998. The van der Waals surface area contributed by atoms with Gasteiger partial charge in [0.05, 0.1) is 21.7 Å².